The molecule has 0 aromatic heterocycles. The highest BCUT2D eigenvalue weighted by Gasteiger charge is 2.61. The van der Waals surface area contributed by atoms with E-state index in [1.54, 1.807) is 0 Å². The Morgan fingerprint density at radius 3 is 2.45 bits per heavy atom. The molecule has 7 heteroatoms. The minimum atomic E-state index is -1.65. The Morgan fingerprint density at radius 2 is 1.82 bits per heavy atom. The fraction of sp³-hybridized carbons (Fsp3) is 1.00. The fourth-order valence-electron chi connectivity index (χ4n) is 3.87. The average Bonchev–Trinajstić information content (AvgIpc) is 2.89. The summed E-state index contributed by atoms with van der Waals surface area (Å²) >= 11 is 0. The van der Waals surface area contributed by atoms with Gasteiger partial charge in [0.2, 0.25) is 0 Å². The first-order valence-electron chi connectivity index (χ1n) is 8.01. The lowest BCUT2D eigenvalue weighted by Crippen LogP contribution is -2.63. The molecule has 0 radical (unpaired) electrons. The van der Waals surface area contributed by atoms with Crippen LogP contribution in [0.4, 0.5) is 0 Å². The third kappa shape index (κ3) is 2.80. The van der Waals surface area contributed by atoms with Gasteiger partial charge in [-0.25, -0.2) is 0 Å². The Labute approximate surface area is 130 Å². The van der Waals surface area contributed by atoms with E-state index in [0.29, 0.717) is 0 Å². The molecule has 2 aliphatic carbocycles. The van der Waals surface area contributed by atoms with Crippen molar-refractivity contribution < 1.29 is 34.3 Å². The predicted octanol–water partition coefficient (Wildman–Crippen LogP) is -0.0921. The van der Waals surface area contributed by atoms with Gasteiger partial charge in [-0.3, -0.25) is 0 Å². The summed E-state index contributed by atoms with van der Waals surface area (Å²) in [5.74, 6) is -0.691. The second kappa shape index (κ2) is 6.32. The number of rotatable bonds is 4. The Bertz CT molecular complexity index is 384. The van der Waals surface area contributed by atoms with E-state index in [0.717, 1.165) is 32.1 Å². The summed E-state index contributed by atoms with van der Waals surface area (Å²) in [6, 6.07) is 0. The molecule has 1 heterocycles. The second-order valence-corrected chi connectivity index (χ2v) is 6.66. The van der Waals surface area contributed by atoms with E-state index in [9.17, 15) is 15.3 Å². The van der Waals surface area contributed by atoms with E-state index >= 15 is 0 Å². The second-order valence-electron chi connectivity index (χ2n) is 6.66. The van der Waals surface area contributed by atoms with Crippen molar-refractivity contribution in [3.05, 3.63) is 0 Å². The van der Waals surface area contributed by atoms with Gasteiger partial charge in [-0.05, 0) is 12.8 Å². The van der Waals surface area contributed by atoms with Gasteiger partial charge in [0.05, 0.1) is 12.7 Å². The van der Waals surface area contributed by atoms with E-state index in [1.165, 1.54) is 7.11 Å². The molecular weight excluding hydrogens is 292 g/mol. The molecule has 5 atom stereocenters. The Balaban J connectivity index is 1.81. The summed E-state index contributed by atoms with van der Waals surface area (Å²) in [4.78, 5) is 0. The third-order valence-electron chi connectivity index (χ3n) is 5.10. The normalized spacial score (nSPS) is 44.2. The summed E-state index contributed by atoms with van der Waals surface area (Å²) in [6.45, 7) is -0.498. The van der Waals surface area contributed by atoms with Gasteiger partial charge in [-0.15, -0.1) is 0 Å². The van der Waals surface area contributed by atoms with Crippen LogP contribution in [0.5, 0.6) is 0 Å². The molecule has 1 spiro atoms. The zero-order valence-corrected chi connectivity index (χ0v) is 12.9. The van der Waals surface area contributed by atoms with Gasteiger partial charge in [0.25, 0.3) is 0 Å². The van der Waals surface area contributed by atoms with Crippen LogP contribution < -0.4 is 0 Å². The van der Waals surface area contributed by atoms with Crippen molar-refractivity contribution in [1.82, 2.24) is 0 Å². The van der Waals surface area contributed by atoms with E-state index in [1.807, 2.05) is 0 Å². The summed E-state index contributed by atoms with van der Waals surface area (Å²) < 4.78 is 22.8. The lowest BCUT2D eigenvalue weighted by atomic mass is 9.77. The zero-order valence-electron chi connectivity index (χ0n) is 12.9. The third-order valence-corrected chi connectivity index (χ3v) is 5.10. The fourth-order valence-corrected chi connectivity index (χ4v) is 3.87. The van der Waals surface area contributed by atoms with Crippen molar-refractivity contribution in [2.24, 2.45) is 0 Å². The maximum absolute atomic E-state index is 10.5. The quantitative estimate of drug-likeness (QED) is 0.623. The Hall–Kier alpha value is -0.280. The summed E-state index contributed by atoms with van der Waals surface area (Å²) in [7, 11) is 1.52. The molecule has 1 aliphatic heterocycles. The molecule has 3 aliphatic rings. The molecule has 3 N–H and O–H groups in total. The van der Waals surface area contributed by atoms with Crippen molar-refractivity contribution in [2.75, 3.05) is 20.5 Å². The van der Waals surface area contributed by atoms with Crippen molar-refractivity contribution in [1.29, 1.82) is 0 Å². The molecule has 0 aromatic carbocycles. The van der Waals surface area contributed by atoms with Crippen LogP contribution in [0.15, 0.2) is 0 Å². The highest BCUT2D eigenvalue weighted by molar-refractivity contribution is 5.07. The van der Waals surface area contributed by atoms with Crippen molar-refractivity contribution in [3.63, 3.8) is 0 Å². The standard InChI is InChI=1S/C15H26O7/c1-19-9-20-10-7-14(18,8-16)13(17)12-11(10)21-15(22-12)5-3-2-4-6-15/h10-13,16-18H,2-9H2,1H3/t10-,11+,12+,13-,14-/m1/s1. The SMILES string of the molecule is COCO[C@@H]1C[C@@](O)(CO)[C@H](O)[C@H]2OC3(CCCCC3)O[C@H]21. The zero-order chi connectivity index (χ0) is 15.8. The predicted molar refractivity (Wildman–Crippen MR) is 75.0 cm³/mol. The first kappa shape index (κ1) is 16.6. The molecule has 128 valence electrons. The van der Waals surface area contributed by atoms with Gasteiger partial charge in [0.1, 0.15) is 30.7 Å². The van der Waals surface area contributed by atoms with Crippen LogP contribution in [0.2, 0.25) is 0 Å². The minimum absolute atomic E-state index is 0.0574. The molecule has 0 bridgehead atoms. The Kier molecular flexibility index (Phi) is 4.76. The molecule has 7 nitrogen and oxygen atoms in total. The number of fused-ring (bicyclic) bond motifs is 1. The summed E-state index contributed by atoms with van der Waals surface area (Å²) in [5.41, 5.74) is -1.65. The van der Waals surface area contributed by atoms with Gasteiger partial charge >= 0.3 is 0 Å². The topological polar surface area (TPSA) is 97.6 Å². The highest BCUT2D eigenvalue weighted by atomic mass is 16.8. The average molecular weight is 318 g/mol. The number of methoxy groups -OCH3 is 1. The van der Waals surface area contributed by atoms with E-state index in [4.69, 9.17) is 18.9 Å². The number of aliphatic hydroxyl groups excluding tert-OH is 2. The van der Waals surface area contributed by atoms with Gasteiger partial charge < -0.3 is 34.3 Å². The lowest BCUT2D eigenvalue weighted by Gasteiger charge is -2.44. The first-order valence-corrected chi connectivity index (χ1v) is 8.01. The summed E-state index contributed by atoms with van der Waals surface area (Å²) in [5, 5.41) is 30.4. The van der Waals surface area contributed by atoms with E-state index < -0.39 is 42.4 Å². The molecule has 3 rings (SSSR count). The number of hydrogen-bond acceptors (Lipinski definition) is 7. The number of ether oxygens (including phenoxy) is 4. The number of hydrogen-bond donors (Lipinski definition) is 3. The van der Waals surface area contributed by atoms with Gasteiger partial charge in [0.15, 0.2) is 5.79 Å². The smallest absolute Gasteiger partial charge is 0.169 e. The van der Waals surface area contributed by atoms with Crippen molar-refractivity contribution in [2.45, 2.75) is 74.3 Å². The van der Waals surface area contributed by atoms with Crippen LogP contribution in [0.3, 0.4) is 0 Å². The minimum Gasteiger partial charge on any atom is -0.393 e. The van der Waals surface area contributed by atoms with E-state index in [2.05, 4.69) is 0 Å². The van der Waals surface area contributed by atoms with Crippen LogP contribution in [-0.2, 0) is 18.9 Å². The monoisotopic (exact) mass is 318 g/mol. The van der Waals surface area contributed by atoms with Crippen molar-refractivity contribution in [3.8, 4) is 0 Å². The molecule has 2 saturated carbocycles. The van der Waals surface area contributed by atoms with Gasteiger partial charge in [0, 0.05) is 26.4 Å². The van der Waals surface area contributed by atoms with Crippen molar-refractivity contribution >= 4 is 0 Å². The van der Waals surface area contributed by atoms with Crippen LogP contribution >= 0.6 is 0 Å². The number of aliphatic hydroxyl groups is 3. The maximum Gasteiger partial charge on any atom is 0.169 e. The largest absolute Gasteiger partial charge is 0.393 e. The van der Waals surface area contributed by atoms with E-state index in [-0.39, 0.29) is 13.2 Å². The van der Waals surface area contributed by atoms with Crippen LogP contribution in [0, 0.1) is 0 Å². The first-order chi connectivity index (χ1) is 10.5. The van der Waals surface area contributed by atoms with Gasteiger partial charge in [-0.2, -0.15) is 0 Å². The molecule has 1 saturated heterocycles. The van der Waals surface area contributed by atoms with Crippen LogP contribution in [-0.4, -0.2) is 71.6 Å². The molecule has 22 heavy (non-hydrogen) atoms. The molecular formula is C15H26O7. The lowest BCUT2D eigenvalue weighted by molar-refractivity contribution is -0.222. The maximum atomic E-state index is 10.5. The summed E-state index contributed by atoms with van der Waals surface area (Å²) in [6.07, 6.45) is 1.96. The molecule has 0 aromatic rings. The van der Waals surface area contributed by atoms with Gasteiger partial charge in [-0.1, -0.05) is 6.42 Å². The Morgan fingerprint density at radius 1 is 1.14 bits per heavy atom. The van der Waals surface area contributed by atoms with Crippen LogP contribution in [0.25, 0.3) is 0 Å². The molecule has 3 fully saturated rings. The van der Waals surface area contributed by atoms with Crippen LogP contribution in [0.1, 0.15) is 38.5 Å². The molecule has 0 unspecified atom stereocenters. The highest BCUT2D eigenvalue weighted by Crippen LogP contribution is 2.47. The molecule has 0 amide bonds.